The highest BCUT2D eigenvalue weighted by atomic mass is 16.2. The van der Waals surface area contributed by atoms with Crippen LogP contribution < -0.4 is 10.9 Å². The standard InChI is InChI=1S/C22H23N3O2/c26-21-13-19(18-9-3-4-10-20(18)24-21)22(27)23-14-16-7-1-2-8-17(16)15-25-11-5-6-12-25/h1-4,7-10,13H,5-6,11-12,14-15H2,(H,23,27)(H,24,26). The van der Waals surface area contributed by atoms with Crippen LogP contribution in [0.15, 0.2) is 59.4 Å². The summed E-state index contributed by atoms with van der Waals surface area (Å²) in [5.41, 5.74) is 3.17. The Morgan fingerprint density at radius 2 is 1.70 bits per heavy atom. The summed E-state index contributed by atoms with van der Waals surface area (Å²) in [4.78, 5) is 29.9. The van der Waals surface area contributed by atoms with E-state index in [1.807, 2.05) is 30.3 Å². The predicted octanol–water partition coefficient (Wildman–Crippen LogP) is 3.05. The number of rotatable bonds is 5. The molecule has 5 heteroatoms. The lowest BCUT2D eigenvalue weighted by Gasteiger charge is -2.18. The number of carbonyl (C=O) groups is 1. The first-order valence-corrected chi connectivity index (χ1v) is 9.40. The van der Waals surface area contributed by atoms with Crippen LogP contribution in [-0.4, -0.2) is 28.9 Å². The third-order valence-electron chi connectivity index (χ3n) is 5.15. The number of carbonyl (C=O) groups excluding carboxylic acids is 1. The summed E-state index contributed by atoms with van der Waals surface area (Å²) in [6, 6.07) is 17.0. The Morgan fingerprint density at radius 1 is 1.00 bits per heavy atom. The fourth-order valence-electron chi connectivity index (χ4n) is 3.73. The normalized spacial score (nSPS) is 14.5. The smallest absolute Gasteiger partial charge is 0.252 e. The molecule has 5 nitrogen and oxygen atoms in total. The van der Waals surface area contributed by atoms with E-state index in [4.69, 9.17) is 0 Å². The van der Waals surface area contributed by atoms with Crippen molar-refractivity contribution in [3.05, 3.63) is 81.6 Å². The van der Waals surface area contributed by atoms with Gasteiger partial charge in [-0.05, 0) is 43.1 Å². The molecular weight excluding hydrogens is 338 g/mol. The number of nitrogens with zero attached hydrogens (tertiary/aromatic N) is 1. The number of hydrogen-bond acceptors (Lipinski definition) is 3. The van der Waals surface area contributed by atoms with Crippen LogP contribution in [0.2, 0.25) is 0 Å². The van der Waals surface area contributed by atoms with Crippen molar-refractivity contribution in [3.63, 3.8) is 0 Å². The molecule has 0 atom stereocenters. The summed E-state index contributed by atoms with van der Waals surface area (Å²) in [5.74, 6) is -0.228. The molecule has 0 radical (unpaired) electrons. The topological polar surface area (TPSA) is 65.2 Å². The minimum atomic E-state index is -0.270. The zero-order valence-corrected chi connectivity index (χ0v) is 15.2. The van der Waals surface area contributed by atoms with Gasteiger partial charge < -0.3 is 10.3 Å². The highest BCUT2D eigenvalue weighted by Gasteiger charge is 2.15. The van der Waals surface area contributed by atoms with Gasteiger partial charge in [0.2, 0.25) is 5.56 Å². The Balaban J connectivity index is 1.53. The number of amides is 1. The second kappa shape index (κ2) is 7.76. The van der Waals surface area contributed by atoms with Crippen LogP contribution in [0, 0.1) is 0 Å². The molecule has 3 aromatic rings. The van der Waals surface area contributed by atoms with Crippen molar-refractivity contribution in [1.29, 1.82) is 0 Å². The minimum absolute atomic E-state index is 0.228. The van der Waals surface area contributed by atoms with Crippen LogP contribution in [0.5, 0.6) is 0 Å². The largest absolute Gasteiger partial charge is 0.348 e. The van der Waals surface area contributed by atoms with E-state index in [-0.39, 0.29) is 11.5 Å². The van der Waals surface area contributed by atoms with E-state index in [9.17, 15) is 9.59 Å². The van der Waals surface area contributed by atoms with E-state index in [2.05, 4.69) is 27.3 Å². The van der Waals surface area contributed by atoms with Crippen LogP contribution in [-0.2, 0) is 13.1 Å². The Kier molecular flexibility index (Phi) is 5.03. The summed E-state index contributed by atoms with van der Waals surface area (Å²) >= 11 is 0. The molecule has 1 aliphatic rings. The monoisotopic (exact) mass is 361 g/mol. The molecule has 0 unspecified atom stereocenters. The summed E-state index contributed by atoms with van der Waals surface area (Å²) in [6.45, 7) is 3.64. The predicted molar refractivity (Wildman–Crippen MR) is 107 cm³/mol. The number of fused-ring (bicyclic) bond motifs is 1. The van der Waals surface area contributed by atoms with Gasteiger partial charge in [-0.15, -0.1) is 0 Å². The van der Waals surface area contributed by atoms with Gasteiger partial charge in [-0.3, -0.25) is 14.5 Å². The maximum atomic E-state index is 12.8. The quantitative estimate of drug-likeness (QED) is 0.734. The first kappa shape index (κ1) is 17.5. The van der Waals surface area contributed by atoms with Gasteiger partial charge in [0, 0.05) is 30.1 Å². The van der Waals surface area contributed by atoms with Gasteiger partial charge in [-0.25, -0.2) is 0 Å². The van der Waals surface area contributed by atoms with E-state index in [0.717, 1.165) is 30.6 Å². The Labute approximate surface area is 158 Å². The van der Waals surface area contributed by atoms with Gasteiger partial charge in [0.1, 0.15) is 0 Å². The fraction of sp³-hybridized carbons (Fsp3) is 0.273. The zero-order valence-electron chi connectivity index (χ0n) is 15.2. The van der Waals surface area contributed by atoms with Gasteiger partial charge >= 0.3 is 0 Å². The first-order chi connectivity index (χ1) is 13.2. The number of pyridine rings is 1. The maximum Gasteiger partial charge on any atom is 0.252 e. The molecule has 0 bridgehead atoms. The Hall–Kier alpha value is -2.92. The number of H-pyrrole nitrogens is 1. The average Bonchev–Trinajstić information content (AvgIpc) is 3.19. The molecule has 138 valence electrons. The molecule has 2 aromatic carbocycles. The molecule has 1 saturated heterocycles. The van der Waals surface area contributed by atoms with Crippen molar-refractivity contribution >= 4 is 16.8 Å². The van der Waals surface area contributed by atoms with E-state index in [1.54, 1.807) is 6.07 Å². The second-order valence-corrected chi connectivity index (χ2v) is 7.03. The van der Waals surface area contributed by atoms with E-state index >= 15 is 0 Å². The van der Waals surface area contributed by atoms with Crippen LogP contribution in [0.1, 0.15) is 34.3 Å². The maximum absolute atomic E-state index is 12.8. The van der Waals surface area contributed by atoms with Gasteiger partial charge in [0.05, 0.1) is 5.56 Å². The van der Waals surface area contributed by atoms with Crippen molar-refractivity contribution in [2.45, 2.75) is 25.9 Å². The number of aromatic nitrogens is 1. The number of hydrogen-bond donors (Lipinski definition) is 2. The summed E-state index contributed by atoms with van der Waals surface area (Å²) < 4.78 is 0. The van der Waals surface area contributed by atoms with Gasteiger partial charge in [0.15, 0.2) is 0 Å². The molecule has 0 spiro atoms. The third kappa shape index (κ3) is 3.93. The molecule has 1 amide bonds. The van der Waals surface area contributed by atoms with Crippen LogP contribution in [0.3, 0.4) is 0 Å². The second-order valence-electron chi connectivity index (χ2n) is 7.03. The minimum Gasteiger partial charge on any atom is -0.348 e. The molecule has 0 saturated carbocycles. The molecule has 2 heterocycles. The molecule has 1 aliphatic heterocycles. The molecular formula is C22H23N3O2. The Bertz CT molecular complexity index is 1020. The molecule has 0 aliphatic carbocycles. The van der Waals surface area contributed by atoms with Crippen molar-refractivity contribution in [3.8, 4) is 0 Å². The number of likely N-dealkylation sites (tertiary alicyclic amines) is 1. The van der Waals surface area contributed by atoms with Crippen LogP contribution in [0.4, 0.5) is 0 Å². The lowest BCUT2D eigenvalue weighted by Crippen LogP contribution is -2.26. The van der Waals surface area contributed by atoms with Crippen molar-refractivity contribution < 1.29 is 4.79 Å². The van der Waals surface area contributed by atoms with Gasteiger partial charge in [0.25, 0.3) is 5.91 Å². The first-order valence-electron chi connectivity index (χ1n) is 9.40. The summed E-state index contributed by atoms with van der Waals surface area (Å²) in [7, 11) is 0. The Morgan fingerprint density at radius 3 is 2.52 bits per heavy atom. The van der Waals surface area contributed by atoms with E-state index in [0.29, 0.717) is 17.6 Å². The van der Waals surface area contributed by atoms with Gasteiger partial charge in [-0.1, -0.05) is 42.5 Å². The lowest BCUT2D eigenvalue weighted by molar-refractivity contribution is 0.0952. The van der Waals surface area contributed by atoms with Gasteiger partial charge in [-0.2, -0.15) is 0 Å². The van der Waals surface area contributed by atoms with Crippen molar-refractivity contribution in [2.75, 3.05) is 13.1 Å². The third-order valence-corrected chi connectivity index (χ3v) is 5.15. The number of aromatic amines is 1. The summed E-state index contributed by atoms with van der Waals surface area (Å²) in [6.07, 6.45) is 2.52. The molecule has 1 aromatic heterocycles. The number of para-hydroxylation sites is 1. The summed E-state index contributed by atoms with van der Waals surface area (Å²) in [5, 5.41) is 3.74. The van der Waals surface area contributed by atoms with Crippen LogP contribution in [0.25, 0.3) is 10.9 Å². The highest BCUT2D eigenvalue weighted by Crippen LogP contribution is 2.17. The lowest BCUT2D eigenvalue weighted by atomic mass is 10.1. The molecule has 2 N–H and O–H groups in total. The van der Waals surface area contributed by atoms with Crippen molar-refractivity contribution in [1.82, 2.24) is 15.2 Å². The molecule has 1 fully saturated rings. The zero-order chi connectivity index (χ0) is 18.6. The average molecular weight is 361 g/mol. The highest BCUT2D eigenvalue weighted by molar-refractivity contribution is 6.05. The number of benzene rings is 2. The molecule has 27 heavy (non-hydrogen) atoms. The van der Waals surface area contributed by atoms with Crippen LogP contribution >= 0.6 is 0 Å². The van der Waals surface area contributed by atoms with Crippen molar-refractivity contribution in [2.24, 2.45) is 0 Å². The SMILES string of the molecule is O=C(NCc1ccccc1CN1CCCC1)c1cc(=O)[nH]c2ccccc12. The van der Waals surface area contributed by atoms with E-state index in [1.165, 1.54) is 24.5 Å². The number of nitrogens with one attached hydrogen (secondary N) is 2. The fourth-order valence-corrected chi connectivity index (χ4v) is 3.73. The molecule has 4 rings (SSSR count). The van der Waals surface area contributed by atoms with E-state index < -0.39 is 0 Å².